The van der Waals surface area contributed by atoms with Crippen LogP contribution in [0.25, 0.3) is 0 Å². The summed E-state index contributed by atoms with van der Waals surface area (Å²) in [6, 6.07) is 10.5. The van der Waals surface area contributed by atoms with E-state index in [1.54, 1.807) is 49.7 Å². The van der Waals surface area contributed by atoms with Crippen LogP contribution < -0.4 is 15.2 Å². The van der Waals surface area contributed by atoms with Crippen LogP contribution in [0.1, 0.15) is 5.56 Å². The van der Waals surface area contributed by atoms with Crippen molar-refractivity contribution in [3.05, 3.63) is 48.2 Å². The number of amidine groups is 1. The molecule has 5 nitrogen and oxygen atoms in total. The number of rotatable bonds is 4. The summed E-state index contributed by atoms with van der Waals surface area (Å²) in [6.45, 7) is 0. The number of methoxy groups -OCH3 is 1. The molecule has 3 N–H and O–H groups in total. The number of aromatic nitrogens is 1. The lowest BCUT2D eigenvalue weighted by atomic mass is 10.2. The van der Waals surface area contributed by atoms with Crippen LogP contribution in [0.3, 0.4) is 0 Å². The minimum absolute atomic E-state index is 0. The second-order valence-corrected chi connectivity index (χ2v) is 3.55. The Morgan fingerprint density at radius 2 is 1.79 bits per heavy atom. The van der Waals surface area contributed by atoms with Gasteiger partial charge in [0.05, 0.1) is 12.7 Å². The van der Waals surface area contributed by atoms with Gasteiger partial charge in [-0.15, -0.1) is 12.4 Å². The molecule has 19 heavy (non-hydrogen) atoms. The number of nitrogens with one attached hydrogen (secondary N) is 1. The summed E-state index contributed by atoms with van der Waals surface area (Å²) >= 11 is 0. The van der Waals surface area contributed by atoms with Gasteiger partial charge in [0.2, 0.25) is 5.88 Å². The molecule has 0 aliphatic heterocycles. The zero-order valence-electron chi connectivity index (χ0n) is 10.3. The third-order valence-corrected chi connectivity index (χ3v) is 2.34. The first-order chi connectivity index (χ1) is 8.70. The highest BCUT2D eigenvalue weighted by Gasteiger charge is 2.08. The minimum atomic E-state index is -0.0772. The number of pyridine rings is 1. The van der Waals surface area contributed by atoms with Crippen molar-refractivity contribution in [3.8, 4) is 17.4 Å². The van der Waals surface area contributed by atoms with E-state index in [9.17, 15) is 0 Å². The highest BCUT2D eigenvalue weighted by molar-refractivity contribution is 5.97. The largest absolute Gasteiger partial charge is 0.497 e. The molecule has 100 valence electrons. The minimum Gasteiger partial charge on any atom is -0.497 e. The van der Waals surface area contributed by atoms with Gasteiger partial charge in [0.25, 0.3) is 0 Å². The Morgan fingerprint density at radius 1 is 1.16 bits per heavy atom. The molecule has 0 bridgehead atoms. The molecular weight excluding hydrogens is 266 g/mol. The molecule has 2 aromatic rings. The lowest BCUT2D eigenvalue weighted by Gasteiger charge is -2.09. The first-order valence-corrected chi connectivity index (χ1v) is 5.32. The Balaban J connectivity index is 0.00000180. The fourth-order valence-electron chi connectivity index (χ4n) is 1.43. The Labute approximate surface area is 117 Å². The standard InChI is InChI=1S/C13H13N3O2.ClH/c1-17-9-4-6-10(7-5-9)18-13-11(12(14)15)3-2-8-16-13;/h2-8H,1H3,(H3,14,15);1H. The zero-order chi connectivity index (χ0) is 13.0. The van der Waals surface area contributed by atoms with Crippen molar-refractivity contribution in [2.75, 3.05) is 7.11 Å². The van der Waals surface area contributed by atoms with Crippen molar-refractivity contribution in [2.24, 2.45) is 5.73 Å². The summed E-state index contributed by atoms with van der Waals surface area (Å²) in [5.74, 6) is 1.59. The lowest BCUT2D eigenvalue weighted by Crippen LogP contribution is -2.12. The van der Waals surface area contributed by atoms with E-state index in [-0.39, 0.29) is 18.2 Å². The SMILES string of the molecule is COc1ccc(Oc2ncccc2C(=N)N)cc1.Cl. The topological polar surface area (TPSA) is 81.2 Å². The molecule has 0 unspecified atom stereocenters. The number of nitrogens with zero attached hydrogens (tertiary/aromatic N) is 1. The fourth-order valence-corrected chi connectivity index (χ4v) is 1.43. The molecule has 0 atom stereocenters. The third kappa shape index (κ3) is 3.59. The van der Waals surface area contributed by atoms with Gasteiger partial charge in [0.1, 0.15) is 17.3 Å². The molecule has 2 rings (SSSR count). The van der Waals surface area contributed by atoms with E-state index >= 15 is 0 Å². The molecular formula is C13H14ClN3O2. The van der Waals surface area contributed by atoms with Crippen molar-refractivity contribution < 1.29 is 9.47 Å². The van der Waals surface area contributed by atoms with Gasteiger partial charge >= 0.3 is 0 Å². The van der Waals surface area contributed by atoms with Gasteiger partial charge in [0.15, 0.2) is 0 Å². The number of halogens is 1. The van der Waals surface area contributed by atoms with E-state index in [0.29, 0.717) is 17.2 Å². The lowest BCUT2D eigenvalue weighted by molar-refractivity contribution is 0.412. The summed E-state index contributed by atoms with van der Waals surface area (Å²) in [4.78, 5) is 4.06. The summed E-state index contributed by atoms with van der Waals surface area (Å²) in [5.41, 5.74) is 5.92. The van der Waals surface area contributed by atoms with Crippen LogP contribution in [0, 0.1) is 5.41 Å². The van der Waals surface area contributed by atoms with Crippen LogP contribution in [-0.4, -0.2) is 17.9 Å². The molecule has 0 saturated heterocycles. The van der Waals surface area contributed by atoms with Crippen molar-refractivity contribution in [2.45, 2.75) is 0 Å². The highest BCUT2D eigenvalue weighted by atomic mass is 35.5. The van der Waals surface area contributed by atoms with Crippen LogP contribution in [0.2, 0.25) is 0 Å². The second-order valence-electron chi connectivity index (χ2n) is 3.55. The van der Waals surface area contributed by atoms with Gasteiger partial charge in [-0.3, -0.25) is 5.41 Å². The van der Waals surface area contributed by atoms with Gasteiger partial charge in [-0.05, 0) is 36.4 Å². The monoisotopic (exact) mass is 279 g/mol. The van der Waals surface area contributed by atoms with Crippen molar-refractivity contribution in [1.82, 2.24) is 4.98 Å². The smallest absolute Gasteiger partial charge is 0.230 e. The predicted molar refractivity (Wildman–Crippen MR) is 75.6 cm³/mol. The summed E-state index contributed by atoms with van der Waals surface area (Å²) in [6.07, 6.45) is 1.59. The summed E-state index contributed by atoms with van der Waals surface area (Å²) in [5, 5.41) is 7.44. The van der Waals surface area contributed by atoms with Gasteiger partial charge in [-0.2, -0.15) is 0 Å². The predicted octanol–water partition coefficient (Wildman–Crippen LogP) is 2.59. The van der Waals surface area contributed by atoms with E-state index in [0.717, 1.165) is 5.75 Å². The van der Waals surface area contributed by atoms with Crippen LogP contribution >= 0.6 is 12.4 Å². The molecule has 0 aliphatic carbocycles. The Kier molecular flexibility index (Phi) is 5.14. The Morgan fingerprint density at radius 3 is 2.37 bits per heavy atom. The maximum absolute atomic E-state index is 7.44. The Bertz CT molecular complexity index is 558. The molecule has 0 amide bonds. The molecule has 1 heterocycles. The summed E-state index contributed by atoms with van der Waals surface area (Å²) in [7, 11) is 1.60. The van der Waals surface area contributed by atoms with Crippen LogP contribution in [0.4, 0.5) is 0 Å². The zero-order valence-corrected chi connectivity index (χ0v) is 11.1. The Hall–Kier alpha value is -2.27. The van der Waals surface area contributed by atoms with Crippen LogP contribution in [-0.2, 0) is 0 Å². The first-order valence-electron chi connectivity index (χ1n) is 5.32. The van der Waals surface area contributed by atoms with E-state index in [2.05, 4.69) is 4.98 Å². The fraction of sp³-hybridized carbons (Fsp3) is 0.0769. The van der Waals surface area contributed by atoms with Crippen molar-refractivity contribution in [3.63, 3.8) is 0 Å². The molecule has 1 aromatic heterocycles. The molecule has 0 fully saturated rings. The van der Waals surface area contributed by atoms with E-state index in [1.165, 1.54) is 0 Å². The van der Waals surface area contributed by atoms with Gasteiger partial charge in [-0.25, -0.2) is 4.98 Å². The average molecular weight is 280 g/mol. The number of nitrogen functional groups attached to an aromatic ring is 1. The maximum Gasteiger partial charge on any atom is 0.230 e. The van der Waals surface area contributed by atoms with Gasteiger partial charge < -0.3 is 15.2 Å². The van der Waals surface area contributed by atoms with Crippen LogP contribution in [0.5, 0.6) is 17.4 Å². The number of nitrogens with two attached hydrogens (primary N) is 1. The highest BCUT2D eigenvalue weighted by Crippen LogP contribution is 2.24. The summed E-state index contributed by atoms with van der Waals surface area (Å²) < 4.78 is 10.6. The molecule has 1 aromatic carbocycles. The van der Waals surface area contributed by atoms with Gasteiger partial charge in [0, 0.05) is 6.20 Å². The van der Waals surface area contributed by atoms with E-state index in [4.69, 9.17) is 20.6 Å². The molecule has 6 heteroatoms. The molecule has 0 aliphatic rings. The first kappa shape index (κ1) is 14.8. The number of hydrogen-bond donors (Lipinski definition) is 2. The van der Waals surface area contributed by atoms with E-state index < -0.39 is 0 Å². The molecule has 0 spiro atoms. The quantitative estimate of drug-likeness (QED) is 0.666. The van der Waals surface area contributed by atoms with E-state index in [1.807, 2.05) is 0 Å². The number of hydrogen-bond acceptors (Lipinski definition) is 4. The van der Waals surface area contributed by atoms with Gasteiger partial charge in [-0.1, -0.05) is 0 Å². The number of benzene rings is 1. The normalized spacial score (nSPS) is 9.32. The number of ether oxygens (including phenoxy) is 2. The molecule has 0 radical (unpaired) electrons. The third-order valence-electron chi connectivity index (χ3n) is 2.34. The van der Waals surface area contributed by atoms with Crippen molar-refractivity contribution in [1.29, 1.82) is 5.41 Å². The van der Waals surface area contributed by atoms with Crippen LogP contribution in [0.15, 0.2) is 42.6 Å². The molecule has 0 saturated carbocycles. The van der Waals surface area contributed by atoms with Crippen molar-refractivity contribution >= 4 is 18.2 Å². The average Bonchev–Trinajstić information content (AvgIpc) is 2.40. The maximum atomic E-state index is 7.44. The second kappa shape index (κ2) is 6.61.